The quantitative estimate of drug-likeness (QED) is 0.155. The van der Waals surface area contributed by atoms with Crippen LogP contribution >= 0.6 is 0 Å². The van der Waals surface area contributed by atoms with Crippen molar-refractivity contribution in [2.75, 3.05) is 0 Å². The van der Waals surface area contributed by atoms with Crippen LogP contribution in [0.15, 0.2) is 12.7 Å². The van der Waals surface area contributed by atoms with Crippen LogP contribution in [-0.4, -0.2) is 16.6 Å². The van der Waals surface area contributed by atoms with Crippen LogP contribution in [0, 0.1) is 0 Å². The van der Waals surface area contributed by atoms with E-state index >= 15 is 0 Å². The molecule has 0 radical (unpaired) electrons. The van der Waals surface area contributed by atoms with Gasteiger partial charge in [-0.3, -0.25) is 0 Å². The third-order valence-corrected chi connectivity index (χ3v) is 12.2. The van der Waals surface area contributed by atoms with Crippen molar-refractivity contribution >= 4 is 16.6 Å². The number of unbranched alkanes of at least 4 members (excludes halogenated alkanes) is 9. The maximum Gasteiger partial charge on any atom is 0.173 e. The standard InChI is InChI=1S/C20H44OSi2/c1-7-9-11-13-15-17-19-22(3,4)21-23(5,6)20-18-16-14-12-10-8-2/h7H,1,8-20H2,2-6H3. The van der Waals surface area contributed by atoms with Gasteiger partial charge in [-0.15, -0.1) is 6.58 Å². The Bertz CT molecular complexity index is 287. The fourth-order valence-electron chi connectivity index (χ4n) is 3.37. The molecule has 0 amide bonds. The third-order valence-electron chi connectivity index (χ3n) is 4.62. The lowest BCUT2D eigenvalue weighted by Gasteiger charge is -2.34. The van der Waals surface area contributed by atoms with Gasteiger partial charge in [0, 0.05) is 0 Å². The first-order valence-electron chi connectivity index (χ1n) is 10.1. The van der Waals surface area contributed by atoms with E-state index in [2.05, 4.69) is 39.7 Å². The zero-order valence-electron chi connectivity index (χ0n) is 16.9. The summed E-state index contributed by atoms with van der Waals surface area (Å²) in [6.45, 7) is 15.8. The van der Waals surface area contributed by atoms with Crippen LogP contribution in [0.1, 0.15) is 77.6 Å². The fraction of sp³-hybridized carbons (Fsp3) is 0.900. The Morgan fingerprint density at radius 1 is 0.696 bits per heavy atom. The first-order valence-corrected chi connectivity index (χ1v) is 16.4. The van der Waals surface area contributed by atoms with E-state index in [-0.39, 0.29) is 0 Å². The van der Waals surface area contributed by atoms with E-state index in [1.807, 2.05) is 6.08 Å². The highest BCUT2D eigenvalue weighted by molar-refractivity contribution is 6.84. The highest BCUT2D eigenvalue weighted by Gasteiger charge is 2.31. The van der Waals surface area contributed by atoms with Gasteiger partial charge in [-0.2, -0.15) is 0 Å². The molecule has 0 aliphatic rings. The topological polar surface area (TPSA) is 9.23 Å². The summed E-state index contributed by atoms with van der Waals surface area (Å²) in [6.07, 6.45) is 17.0. The number of hydrogen-bond donors (Lipinski definition) is 0. The Labute approximate surface area is 149 Å². The molecule has 0 aromatic rings. The molecular formula is C20H44OSi2. The first kappa shape index (κ1) is 23.1. The molecule has 0 aliphatic heterocycles. The van der Waals surface area contributed by atoms with E-state index in [9.17, 15) is 0 Å². The summed E-state index contributed by atoms with van der Waals surface area (Å²) in [7, 11) is -2.89. The Morgan fingerprint density at radius 2 is 1.13 bits per heavy atom. The van der Waals surface area contributed by atoms with Crippen molar-refractivity contribution in [3.63, 3.8) is 0 Å². The van der Waals surface area contributed by atoms with E-state index < -0.39 is 16.6 Å². The number of allylic oxidation sites excluding steroid dienone is 1. The third kappa shape index (κ3) is 15.4. The smallest absolute Gasteiger partial charge is 0.173 e. The van der Waals surface area contributed by atoms with E-state index in [0.717, 1.165) is 0 Å². The summed E-state index contributed by atoms with van der Waals surface area (Å²) in [6, 6.07) is 2.70. The van der Waals surface area contributed by atoms with Crippen LogP contribution in [0.5, 0.6) is 0 Å². The Hall–Kier alpha value is 0.134. The van der Waals surface area contributed by atoms with Gasteiger partial charge in [-0.05, 0) is 51.1 Å². The van der Waals surface area contributed by atoms with Crippen molar-refractivity contribution < 1.29 is 4.12 Å². The van der Waals surface area contributed by atoms with E-state index in [4.69, 9.17) is 4.12 Å². The molecule has 0 heterocycles. The number of rotatable bonds is 16. The minimum absolute atomic E-state index is 1.18. The summed E-state index contributed by atoms with van der Waals surface area (Å²) >= 11 is 0. The summed E-state index contributed by atoms with van der Waals surface area (Å²) in [5, 5.41) is 0. The molecule has 0 unspecified atom stereocenters. The number of hydrogen-bond acceptors (Lipinski definition) is 1. The van der Waals surface area contributed by atoms with E-state index in [0.29, 0.717) is 0 Å². The molecule has 138 valence electrons. The van der Waals surface area contributed by atoms with Crippen molar-refractivity contribution in [2.45, 2.75) is 116 Å². The van der Waals surface area contributed by atoms with Crippen molar-refractivity contribution in [1.29, 1.82) is 0 Å². The molecule has 1 nitrogen and oxygen atoms in total. The van der Waals surface area contributed by atoms with Gasteiger partial charge in [0.05, 0.1) is 0 Å². The van der Waals surface area contributed by atoms with Gasteiger partial charge in [-0.25, -0.2) is 0 Å². The molecule has 3 heteroatoms. The second kappa shape index (κ2) is 13.4. The zero-order chi connectivity index (χ0) is 17.6. The van der Waals surface area contributed by atoms with Gasteiger partial charge in [-0.1, -0.05) is 70.8 Å². The van der Waals surface area contributed by atoms with Gasteiger partial charge in [0.2, 0.25) is 0 Å². The van der Waals surface area contributed by atoms with Crippen LogP contribution in [0.4, 0.5) is 0 Å². The maximum absolute atomic E-state index is 6.74. The molecule has 0 rings (SSSR count). The monoisotopic (exact) mass is 356 g/mol. The average molecular weight is 357 g/mol. The predicted octanol–water partition coefficient (Wildman–Crippen LogP) is 7.91. The normalized spacial score (nSPS) is 12.6. The molecule has 0 fully saturated rings. The summed E-state index contributed by atoms with van der Waals surface area (Å²) in [4.78, 5) is 0. The second-order valence-electron chi connectivity index (χ2n) is 8.38. The van der Waals surface area contributed by atoms with Gasteiger partial charge >= 0.3 is 0 Å². The molecule has 0 aromatic heterocycles. The van der Waals surface area contributed by atoms with Crippen LogP contribution in [0.2, 0.25) is 38.3 Å². The summed E-state index contributed by atoms with van der Waals surface area (Å²) in [5.41, 5.74) is 0. The highest BCUT2D eigenvalue weighted by Crippen LogP contribution is 2.25. The summed E-state index contributed by atoms with van der Waals surface area (Å²) < 4.78 is 6.74. The maximum atomic E-state index is 6.74. The second-order valence-corrected chi connectivity index (χ2v) is 17.2. The minimum atomic E-state index is -1.45. The lowest BCUT2D eigenvalue weighted by Crippen LogP contribution is -2.44. The SMILES string of the molecule is C=CCCCCCC[Si](C)(C)O[Si](C)(C)CCCCCCCC. The minimum Gasteiger partial charge on any atom is -0.455 e. The van der Waals surface area contributed by atoms with Crippen molar-refractivity contribution in [3.05, 3.63) is 12.7 Å². The van der Waals surface area contributed by atoms with Gasteiger partial charge in [0.1, 0.15) is 0 Å². The Kier molecular flexibility index (Phi) is 13.5. The van der Waals surface area contributed by atoms with Crippen LogP contribution in [-0.2, 0) is 4.12 Å². The first-order chi connectivity index (χ1) is 10.8. The molecule has 0 atom stereocenters. The van der Waals surface area contributed by atoms with Crippen LogP contribution < -0.4 is 0 Å². The van der Waals surface area contributed by atoms with Crippen molar-refractivity contribution in [1.82, 2.24) is 0 Å². The van der Waals surface area contributed by atoms with Crippen molar-refractivity contribution in [3.8, 4) is 0 Å². The molecule has 0 bridgehead atoms. The van der Waals surface area contributed by atoms with E-state index in [1.54, 1.807) is 0 Å². The predicted molar refractivity (Wildman–Crippen MR) is 112 cm³/mol. The Balaban J connectivity index is 3.83. The fourth-order valence-corrected chi connectivity index (χ4v) is 12.4. The zero-order valence-corrected chi connectivity index (χ0v) is 18.9. The molecule has 0 aromatic carbocycles. The average Bonchev–Trinajstić information content (AvgIpc) is 2.45. The molecule has 0 saturated carbocycles. The molecule has 0 aliphatic carbocycles. The Morgan fingerprint density at radius 3 is 1.61 bits per heavy atom. The van der Waals surface area contributed by atoms with Gasteiger partial charge < -0.3 is 4.12 Å². The van der Waals surface area contributed by atoms with Crippen LogP contribution in [0.25, 0.3) is 0 Å². The molecule has 0 N–H and O–H groups in total. The summed E-state index contributed by atoms with van der Waals surface area (Å²) in [5.74, 6) is 0. The van der Waals surface area contributed by atoms with Gasteiger partial charge in [0.15, 0.2) is 16.6 Å². The molecule has 23 heavy (non-hydrogen) atoms. The molecule has 0 spiro atoms. The molecular weight excluding hydrogens is 312 g/mol. The van der Waals surface area contributed by atoms with Crippen molar-refractivity contribution in [2.24, 2.45) is 0 Å². The lowest BCUT2D eigenvalue weighted by atomic mass is 10.1. The van der Waals surface area contributed by atoms with E-state index in [1.165, 1.54) is 82.7 Å². The molecule has 0 saturated heterocycles. The largest absolute Gasteiger partial charge is 0.455 e. The lowest BCUT2D eigenvalue weighted by molar-refractivity contribution is 0.520. The van der Waals surface area contributed by atoms with Crippen LogP contribution in [0.3, 0.4) is 0 Å². The highest BCUT2D eigenvalue weighted by atomic mass is 28.4. The van der Waals surface area contributed by atoms with Gasteiger partial charge in [0.25, 0.3) is 0 Å².